The number of amides is 2. The molecule has 0 saturated carbocycles. The van der Waals surface area contributed by atoms with Gasteiger partial charge in [0.05, 0.1) is 21.3 Å². The average molecular weight is 479 g/mol. The van der Waals surface area contributed by atoms with Gasteiger partial charge in [0, 0.05) is 37.8 Å². The summed E-state index contributed by atoms with van der Waals surface area (Å²) in [7, 11) is 0. The summed E-state index contributed by atoms with van der Waals surface area (Å²) >= 11 is 6.50. The van der Waals surface area contributed by atoms with Gasteiger partial charge in [-0.3, -0.25) is 19.7 Å². The smallest absolute Gasteiger partial charge is 0.282 e. The van der Waals surface area contributed by atoms with Crippen LogP contribution in [0.3, 0.4) is 0 Å². The molecule has 34 heavy (non-hydrogen) atoms. The molecule has 3 aromatic rings. The highest BCUT2D eigenvalue weighted by atomic mass is 35.5. The fourth-order valence-electron chi connectivity index (χ4n) is 3.96. The Bertz CT molecular complexity index is 1240. The molecule has 3 aromatic carbocycles. The molecule has 0 aliphatic carbocycles. The summed E-state index contributed by atoms with van der Waals surface area (Å²) in [4.78, 5) is 40.3. The van der Waals surface area contributed by atoms with E-state index in [9.17, 15) is 19.7 Å². The maximum Gasteiger partial charge on any atom is 0.282 e. The number of para-hydroxylation sites is 2. The van der Waals surface area contributed by atoms with E-state index in [0.717, 1.165) is 5.56 Å². The molecule has 1 fully saturated rings. The van der Waals surface area contributed by atoms with E-state index >= 15 is 0 Å². The number of benzene rings is 3. The van der Waals surface area contributed by atoms with E-state index in [4.69, 9.17) is 11.6 Å². The van der Waals surface area contributed by atoms with Gasteiger partial charge >= 0.3 is 0 Å². The highest BCUT2D eigenvalue weighted by molar-refractivity contribution is 6.34. The van der Waals surface area contributed by atoms with Crippen molar-refractivity contribution >= 4 is 40.5 Å². The van der Waals surface area contributed by atoms with Gasteiger partial charge in [-0.05, 0) is 37.3 Å². The number of carbonyl (C=O) groups excluding carboxylic acids is 2. The summed E-state index contributed by atoms with van der Waals surface area (Å²) in [6, 6.07) is 18.4. The summed E-state index contributed by atoms with van der Waals surface area (Å²) in [6.45, 7) is 4.01. The fourth-order valence-corrected chi connectivity index (χ4v) is 4.26. The minimum atomic E-state index is -0.594. The molecule has 0 unspecified atom stereocenters. The number of aryl methyl sites for hydroxylation is 1. The van der Waals surface area contributed by atoms with Crippen molar-refractivity contribution in [2.75, 3.05) is 36.4 Å². The number of nitro groups is 1. The molecule has 0 radical (unpaired) electrons. The maximum atomic E-state index is 12.9. The van der Waals surface area contributed by atoms with E-state index in [1.165, 1.54) is 18.2 Å². The lowest BCUT2D eigenvalue weighted by Gasteiger charge is -2.37. The number of carbonyl (C=O) groups is 2. The zero-order valence-electron chi connectivity index (χ0n) is 18.5. The van der Waals surface area contributed by atoms with E-state index in [2.05, 4.69) is 5.32 Å². The monoisotopic (exact) mass is 478 g/mol. The second kappa shape index (κ2) is 9.93. The first kappa shape index (κ1) is 23.3. The topological polar surface area (TPSA) is 95.8 Å². The van der Waals surface area contributed by atoms with Gasteiger partial charge in [-0.2, -0.15) is 0 Å². The number of nitrogens with one attached hydrogen (secondary N) is 1. The largest absolute Gasteiger partial charge is 0.365 e. The van der Waals surface area contributed by atoms with Gasteiger partial charge in [0.25, 0.3) is 17.5 Å². The van der Waals surface area contributed by atoms with Gasteiger partial charge in [0.1, 0.15) is 5.56 Å². The molecule has 2 amide bonds. The third-order valence-corrected chi connectivity index (χ3v) is 6.07. The van der Waals surface area contributed by atoms with Gasteiger partial charge in [0.15, 0.2) is 0 Å². The van der Waals surface area contributed by atoms with Crippen LogP contribution in [0.5, 0.6) is 0 Å². The summed E-state index contributed by atoms with van der Waals surface area (Å²) in [6.07, 6.45) is 0. The van der Waals surface area contributed by atoms with E-state index in [0.29, 0.717) is 48.1 Å². The third kappa shape index (κ3) is 4.87. The molecular formula is C25H23ClN4O4. The van der Waals surface area contributed by atoms with Crippen molar-refractivity contribution in [2.24, 2.45) is 0 Å². The van der Waals surface area contributed by atoms with Crippen molar-refractivity contribution in [3.8, 4) is 0 Å². The minimum Gasteiger partial charge on any atom is -0.365 e. The van der Waals surface area contributed by atoms with Crippen LogP contribution in [0.1, 0.15) is 26.3 Å². The van der Waals surface area contributed by atoms with Crippen LogP contribution in [0.15, 0.2) is 66.7 Å². The van der Waals surface area contributed by atoms with Crippen molar-refractivity contribution in [3.05, 3.63) is 98.6 Å². The Balaban J connectivity index is 1.51. The Morgan fingerprint density at radius 3 is 2.29 bits per heavy atom. The Labute approximate surface area is 201 Å². The Morgan fingerprint density at radius 2 is 1.62 bits per heavy atom. The first-order valence-corrected chi connectivity index (χ1v) is 11.2. The molecular weight excluding hydrogens is 456 g/mol. The highest BCUT2D eigenvalue weighted by Gasteiger charge is 2.26. The van der Waals surface area contributed by atoms with Crippen LogP contribution in [-0.4, -0.2) is 47.8 Å². The first-order valence-electron chi connectivity index (χ1n) is 10.8. The summed E-state index contributed by atoms with van der Waals surface area (Å²) < 4.78 is 0. The lowest BCUT2D eigenvalue weighted by atomic mass is 10.1. The predicted octanol–water partition coefficient (Wildman–Crippen LogP) is 4.77. The molecule has 0 aromatic heterocycles. The molecule has 1 saturated heterocycles. The molecule has 4 rings (SSSR count). The van der Waals surface area contributed by atoms with Gasteiger partial charge in [-0.1, -0.05) is 47.5 Å². The normalized spacial score (nSPS) is 13.5. The van der Waals surface area contributed by atoms with Gasteiger partial charge in [-0.25, -0.2) is 0 Å². The molecule has 0 bridgehead atoms. The lowest BCUT2D eigenvalue weighted by molar-refractivity contribution is -0.385. The summed E-state index contributed by atoms with van der Waals surface area (Å²) in [5.74, 6) is -0.618. The number of halogens is 1. The average Bonchev–Trinajstić information content (AvgIpc) is 2.84. The van der Waals surface area contributed by atoms with Crippen LogP contribution in [0.4, 0.5) is 17.1 Å². The number of hydrogen-bond acceptors (Lipinski definition) is 5. The number of anilines is 2. The Kier molecular flexibility index (Phi) is 6.79. The zero-order chi connectivity index (χ0) is 24.2. The number of rotatable bonds is 5. The standard InChI is InChI=1S/C25H23ClN4O4/c1-17-9-11-18(12-10-17)25(32)29-15-13-28(14-16-29)23-20(26)6-4-7-21(23)27-24(31)19-5-2-3-8-22(19)30(33)34/h2-12H,13-16H2,1H3,(H,27,31). The second-order valence-electron chi connectivity index (χ2n) is 8.01. The van der Waals surface area contributed by atoms with Crippen molar-refractivity contribution in [1.29, 1.82) is 0 Å². The molecule has 1 heterocycles. The van der Waals surface area contributed by atoms with Crippen molar-refractivity contribution < 1.29 is 14.5 Å². The van der Waals surface area contributed by atoms with Gasteiger partial charge < -0.3 is 15.1 Å². The molecule has 1 N–H and O–H groups in total. The Hall–Kier alpha value is -3.91. The van der Waals surface area contributed by atoms with Crippen LogP contribution < -0.4 is 10.2 Å². The molecule has 0 atom stereocenters. The van der Waals surface area contributed by atoms with Crippen LogP contribution in [0.2, 0.25) is 5.02 Å². The number of nitrogens with zero attached hydrogens (tertiary/aromatic N) is 3. The molecule has 1 aliphatic heterocycles. The minimum absolute atomic E-state index is 0.0243. The van der Waals surface area contributed by atoms with Crippen LogP contribution >= 0.6 is 11.6 Å². The summed E-state index contributed by atoms with van der Waals surface area (Å²) in [5, 5.41) is 14.5. The van der Waals surface area contributed by atoms with E-state index in [1.54, 1.807) is 29.2 Å². The first-order chi connectivity index (χ1) is 16.3. The maximum absolute atomic E-state index is 12.9. The Morgan fingerprint density at radius 1 is 0.941 bits per heavy atom. The second-order valence-corrected chi connectivity index (χ2v) is 8.42. The van der Waals surface area contributed by atoms with Gasteiger partial charge in [-0.15, -0.1) is 0 Å². The number of hydrogen-bond donors (Lipinski definition) is 1. The number of nitro benzene ring substituents is 1. The van der Waals surface area contributed by atoms with Crippen molar-refractivity contribution in [1.82, 2.24) is 4.90 Å². The van der Waals surface area contributed by atoms with Crippen LogP contribution in [0, 0.1) is 17.0 Å². The quantitative estimate of drug-likeness (QED) is 0.421. The molecule has 174 valence electrons. The van der Waals surface area contributed by atoms with E-state index in [-0.39, 0.29) is 17.2 Å². The van der Waals surface area contributed by atoms with Crippen molar-refractivity contribution in [2.45, 2.75) is 6.92 Å². The fraction of sp³-hybridized carbons (Fsp3) is 0.200. The third-order valence-electron chi connectivity index (χ3n) is 5.76. The van der Waals surface area contributed by atoms with Crippen LogP contribution in [-0.2, 0) is 0 Å². The molecule has 8 nitrogen and oxygen atoms in total. The molecule has 9 heteroatoms. The zero-order valence-corrected chi connectivity index (χ0v) is 19.3. The predicted molar refractivity (Wildman–Crippen MR) is 132 cm³/mol. The van der Waals surface area contributed by atoms with E-state index < -0.39 is 10.8 Å². The van der Waals surface area contributed by atoms with Gasteiger partial charge in [0.2, 0.25) is 0 Å². The van der Waals surface area contributed by atoms with Crippen LogP contribution in [0.25, 0.3) is 0 Å². The highest BCUT2D eigenvalue weighted by Crippen LogP contribution is 2.35. The SMILES string of the molecule is Cc1ccc(C(=O)N2CCN(c3c(Cl)cccc3NC(=O)c3ccccc3[N+](=O)[O-])CC2)cc1. The number of piperazine rings is 1. The van der Waals surface area contributed by atoms with E-state index in [1.807, 2.05) is 36.1 Å². The van der Waals surface area contributed by atoms with Crippen molar-refractivity contribution in [3.63, 3.8) is 0 Å². The summed E-state index contributed by atoms with van der Waals surface area (Å²) in [5.41, 5.74) is 2.51. The lowest BCUT2D eigenvalue weighted by Crippen LogP contribution is -2.49. The molecule has 1 aliphatic rings. The molecule has 0 spiro atoms.